The molecule has 0 atom stereocenters. The molecule has 0 unspecified atom stereocenters. The van der Waals surface area contributed by atoms with Crippen LogP contribution in [0.4, 0.5) is 24.5 Å². The first-order valence-electron chi connectivity index (χ1n) is 12.1. The number of rotatable bonds is 4. The van der Waals surface area contributed by atoms with E-state index in [1.807, 2.05) is 30.3 Å². The van der Waals surface area contributed by atoms with Gasteiger partial charge in [-0.2, -0.15) is 13.2 Å². The maximum Gasteiger partial charge on any atom is 0.434 e. The van der Waals surface area contributed by atoms with E-state index in [0.717, 1.165) is 29.2 Å². The van der Waals surface area contributed by atoms with Crippen LogP contribution in [0.1, 0.15) is 32.0 Å². The molecule has 3 aromatic rings. The Hall–Kier alpha value is -4.34. The Balaban J connectivity index is 1.29. The summed E-state index contributed by atoms with van der Waals surface area (Å²) in [6.45, 7) is 1.27. The zero-order chi connectivity index (χ0) is 26.9. The van der Waals surface area contributed by atoms with Crippen LogP contribution in [-0.2, 0) is 6.18 Å². The van der Waals surface area contributed by atoms with Crippen LogP contribution in [0.2, 0.25) is 0 Å². The van der Waals surface area contributed by atoms with Crippen LogP contribution in [0.3, 0.4) is 0 Å². The Morgan fingerprint density at radius 1 is 0.895 bits per heavy atom. The van der Waals surface area contributed by atoms with Crippen molar-refractivity contribution in [1.82, 2.24) is 14.8 Å². The standard InChI is InChI=1S/C28H25F3N4O3/c1-38-24-18-20(10-11-23(24)35-13-5-7-19-6-2-3-9-22(19)35)26(36)33-14-16-34(17-15-33)27(37)21-8-4-12-32-25(21)28(29,30)31/h2-12,18H,13-17H2,1H3. The number of hydrogen-bond donors (Lipinski definition) is 0. The molecule has 0 bridgehead atoms. The molecule has 0 radical (unpaired) electrons. The lowest BCUT2D eigenvalue weighted by molar-refractivity contribution is -0.141. The Kier molecular flexibility index (Phi) is 6.79. The van der Waals surface area contributed by atoms with E-state index in [4.69, 9.17) is 4.74 Å². The summed E-state index contributed by atoms with van der Waals surface area (Å²) in [5.74, 6) is -0.441. The fourth-order valence-electron chi connectivity index (χ4n) is 4.79. The quantitative estimate of drug-likeness (QED) is 0.489. The van der Waals surface area contributed by atoms with Crippen molar-refractivity contribution in [1.29, 1.82) is 0 Å². The zero-order valence-corrected chi connectivity index (χ0v) is 20.6. The Labute approximate surface area is 217 Å². The summed E-state index contributed by atoms with van der Waals surface area (Å²) in [6, 6.07) is 15.7. The maximum absolute atomic E-state index is 13.3. The first-order valence-corrected chi connectivity index (χ1v) is 12.1. The third-order valence-corrected chi connectivity index (χ3v) is 6.69. The van der Waals surface area contributed by atoms with E-state index < -0.39 is 23.3 Å². The molecular weight excluding hydrogens is 497 g/mol. The zero-order valence-electron chi connectivity index (χ0n) is 20.6. The molecule has 2 amide bonds. The first-order chi connectivity index (χ1) is 18.3. The number of para-hydroxylation sites is 1. The number of benzene rings is 2. The van der Waals surface area contributed by atoms with Crippen molar-refractivity contribution in [2.45, 2.75) is 6.18 Å². The van der Waals surface area contributed by atoms with Crippen LogP contribution < -0.4 is 9.64 Å². The monoisotopic (exact) mass is 522 g/mol. The molecule has 1 fully saturated rings. The molecule has 0 saturated carbocycles. The maximum atomic E-state index is 13.3. The Bertz CT molecular complexity index is 1400. The van der Waals surface area contributed by atoms with Crippen molar-refractivity contribution in [3.05, 3.63) is 89.3 Å². The molecule has 5 rings (SSSR count). The van der Waals surface area contributed by atoms with Crippen molar-refractivity contribution in [2.75, 3.05) is 44.7 Å². The highest BCUT2D eigenvalue weighted by molar-refractivity contribution is 5.97. The summed E-state index contributed by atoms with van der Waals surface area (Å²) >= 11 is 0. The number of fused-ring (bicyclic) bond motifs is 1. The second kappa shape index (κ2) is 10.2. The normalized spacial score (nSPS) is 15.3. The second-order valence-corrected chi connectivity index (χ2v) is 8.94. The second-order valence-electron chi connectivity index (χ2n) is 8.94. The highest BCUT2D eigenvalue weighted by Gasteiger charge is 2.38. The van der Waals surface area contributed by atoms with Gasteiger partial charge < -0.3 is 19.4 Å². The van der Waals surface area contributed by atoms with E-state index in [0.29, 0.717) is 17.9 Å². The number of ether oxygens (including phenoxy) is 1. The van der Waals surface area contributed by atoms with Crippen LogP contribution in [-0.4, -0.2) is 66.4 Å². The fourth-order valence-corrected chi connectivity index (χ4v) is 4.79. The number of hydrogen-bond acceptors (Lipinski definition) is 5. The number of piperazine rings is 1. The summed E-state index contributed by atoms with van der Waals surface area (Å²) in [4.78, 5) is 34.5. The van der Waals surface area contributed by atoms with Gasteiger partial charge in [-0.3, -0.25) is 14.6 Å². The van der Waals surface area contributed by atoms with Crippen LogP contribution in [0.25, 0.3) is 6.08 Å². The molecule has 3 heterocycles. The van der Waals surface area contributed by atoms with Gasteiger partial charge in [0.15, 0.2) is 5.69 Å². The number of halogens is 3. The molecule has 1 aromatic heterocycles. The molecule has 7 nitrogen and oxygen atoms in total. The van der Waals surface area contributed by atoms with E-state index in [1.54, 1.807) is 24.1 Å². The van der Waals surface area contributed by atoms with Gasteiger partial charge >= 0.3 is 6.18 Å². The number of anilines is 2. The lowest BCUT2D eigenvalue weighted by Gasteiger charge is -2.35. The van der Waals surface area contributed by atoms with Gasteiger partial charge in [0.25, 0.3) is 11.8 Å². The number of nitrogens with zero attached hydrogens (tertiary/aromatic N) is 4. The minimum Gasteiger partial charge on any atom is -0.495 e. The third kappa shape index (κ3) is 4.81. The molecule has 10 heteroatoms. The topological polar surface area (TPSA) is 66.0 Å². The van der Waals surface area contributed by atoms with Crippen LogP contribution in [0, 0.1) is 0 Å². The number of alkyl halides is 3. The van der Waals surface area contributed by atoms with Gasteiger partial charge in [0, 0.05) is 50.2 Å². The van der Waals surface area contributed by atoms with Gasteiger partial charge in [-0.1, -0.05) is 30.4 Å². The average Bonchev–Trinajstić information content (AvgIpc) is 2.95. The number of carbonyl (C=O) groups is 2. The van der Waals surface area contributed by atoms with E-state index in [1.165, 1.54) is 11.0 Å². The van der Waals surface area contributed by atoms with Crippen molar-refractivity contribution in [3.8, 4) is 5.75 Å². The van der Waals surface area contributed by atoms with Crippen molar-refractivity contribution in [2.24, 2.45) is 0 Å². The first kappa shape index (κ1) is 25.3. The highest BCUT2D eigenvalue weighted by Crippen LogP contribution is 2.38. The molecule has 38 heavy (non-hydrogen) atoms. The molecular formula is C28H25F3N4O3. The molecule has 196 valence electrons. The predicted molar refractivity (Wildman–Crippen MR) is 137 cm³/mol. The minimum atomic E-state index is -4.73. The SMILES string of the molecule is COc1cc(C(=O)N2CCN(C(=O)c3cccnc3C(F)(F)F)CC2)ccc1N1CC=Cc2ccccc21. The van der Waals surface area contributed by atoms with Gasteiger partial charge in [-0.15, -0.1) is 0 Å². The lowest BCUT2D eigenvalue weighted by Crippen LogP contribution is -2.50. The number of carbonyl (C=O) groups excluding carboxylic acids is 2. The van der Waals surface area contributed by atoms with E-state index >= 15 is 0 Å². The van der Waals surface area contributed by atoms with Crippen LogP contribution >= 0.6 is 0 Å². The minimum absolute atomic E-state index is 0.114. The van der Waals surface area contributed by atoms with Crippen molar-refractivity contribution < 1.29 is 27.5 Å². The fraction of sp³-hybridized carbons (Fsp3) is 0.250. The van der Waals surface area contributed by atoms with Gasteiger partial charge in [0.05, 0.1) is 18.4 Å². The lowest BCUT2D eigenvalue weighted by atomic mass is 10.1. The number of methoxy groups -OCH3 is 1. The molecule has 0 N–H and O–H groups in total. The molecule has 0 spiro atoms. The van der Waals surface area contributed by atoms with E-state index in [9.17, 15) is 22.8 Å². The largest absolute Gasteiger partial charge is 0.495 e. The smallest absolute Gasteiger partial charge is 0.434 e. The Morgan fingerprint density at radius 2 is 1.61 bits per heavy atom. The summed E-state index contributed by atoms with van der Waals surface area (Å²) in [5, 5.41) is 0. The summed E-state index contributed by atoms with van der Waals surface area (Å²) in [5.41, 5.74) is 1.68. The van der Waals surface area contributed by atoms with Gasteiger partial charge in [0.1, 0.15) is 5.75 Å². The molecule has 0 aliphatic carbocycles. The van der Waals surface area contributed by atoms with Crippen LogP contribution in [0.5, 0.6) is 5.75 Å². The third-order valence-electron chi connectivity index (χ3n) is 6.69. The number of amides is 2. The molecule has 2 aromatic carbocycles. The Morgan fingerprint density at radius 3 is 2.32 bits per heavy atom. The average molecular weight is 523 g/mol. The van der Waals surface area contributed by atoms with Gasteiger partial charge in [-0.25, -0.2) is 0 Å². The number of pyridine rings is 1. The van der Waals surface area contributed by atoms with E-state index in [2.05, 4.69) is 22.0 Å². The summed E-state index contributed by atoms with van der Waals surface area (Å²) < 4.78 is 45.6. The van der Waals surface area contributed by atoms with Crippen molar-refractivity contribution >= 4 is 29.3 Å². The summed E-state index contributed by atoms with van der Waals surface area (Å²) in [7, 11) is 1.55. The number of aromatic nitrogens is 1. The van der Waals surface area contributed by atoms with Gasteiger partial charge in [0.2, 0.25) is 0 Å². The van der Waals surface area contributed by atoms with Crippen LogP contribution in [0.15, 0.2) is 66.9 Å². The predicted octanol–water partition coefficient (Wildman–Crippen LogP) is 4.87. The summed E-state index contributed by atoms with van der Waals surface area (Å²) in [6.07, 6.45) is 0.405. The van der Waals surface area contributed by atoms with Gasteiger partial charge in [-0.05, 0) is 42.0 Å². The molecule has 2 aliphatic heterocycles. The van der Waals surface area contributed by atoms with E-state index in [-0.39, 0.29) is 32.1 Å². The van der Waals surface area contributed by atoms with Crippen molar-refractivity contribution in [3.63, 3.8) is 0 Å². The molecule has 1 saturated heterocycles. The molecule has 2 aliphatic rings. The highest BCUT2D eigenvalue weighted by atomic mass is 19.4.